The molecule has 0 radical (unpaired) electrons. The molecule has 0 amide bonds. The predicted molar refractivity (Wildman–Crippen MR) is 94.8 cm³/mol. The Balaban J connectivity index is 0.00000121. The van der Waals surface area contributed by atoms with Gasteiger partial charge in [0.1, 0.15) is 5.82 Å². The molecular formula is C17H27Cl2FN2. The van der Waals surface area contributed by atoms with Gasteiger partial charge in [0, 0.05) is 32.2 Å². The highest BCUT2D eigenvalue weighted by atomic mass is 35.5. The Morgan fingerprint density at radius 3 is 2.36 bits per heavy atom. The van der Waals surface area contributed by atoms with E-state index < -0.39 is 0 Å². The van der Waals surface area contributed by atoms with Crippen molar-refractivity contribution in [2.75, 3.05) is 26.2 Å². The smallest absolute Gasteiger partial charge is 0.126 e. The van der Waals surface area contributed by atoms with Crippen molar-refractivity contribution in [3.05, 3.63) is 35.1 Å². The fourth-order valence-corrected chi connectivity index (χ4v) is 3.87. The van der Waals surface area contributed by atoms with Crippen LogP contribution in [0.15, 0.2) is 18.2 Å². The maximum Gasteiger partial charge on any atom is 0.126 e. The molecule has 0 aromatic heterocycles. The van der Waals surface area contributed by atoms with E-state index in [9.17, 15) is 4.39 Å². The zero-order valence-corrected chi connectivity index (χ0v) is 14.8. The third kappa shape index (κ3) is 4.35. The summed E-state index contributed by atoms with van der Waals surface area (Å²) >= 11 is 0. The van der Waals surface area contributed by atoms with Crippen LogP contribution in [0.2, 0.25) is 0 Å². The number of halogens is 3. The molecule has 3 rings (SSSR count). The molecule has 1 aromatic rings. The fraction of sp³-hybridized carbons (Fsp3) is 0.647. The Kier molecular flexibility index (Phi) is 8.12. The van der Waals surface area contributed by atoms with Gasteiger partial charge in [-0.1, -0.05) is 25.0 Å². The lowest BCUT2D eigenvalue weighted by Gasteiger charge is -2.38. The summed E-state index contributed by atoms with van der Waals surface area (Å²) in [6.07, 6.45) is 5.36. The van der Waals surface area contributed by atoms with Crippen LogP contribution in [0.25, 0.3) is 0 Å². The fourth-order valence-electron chi connectivity index (χ4n) is 3.87. The number of rotatable bonds is 3. The normalized spacial score (nSPS) is 21.0. The van der Waals surface area contributed by atoms with Crippen molar-refractivity contribution in [1.29, 1.82) is 0 Å². The average Bonchev–Trinajstić information content (AvgIpc) is 2.98. The zero-order valence-electron chi connectivity index (χ0n) is 13.2. The zero-order chi connectivity index (χ0) is 13.9. The van der Waals surface area contributed by atoms with Crippen molar-refractivity contribution in [2.45, 2.75) is 38.6 Å². The first kappa shape index (κ1) is 19.7. The summed E-state index contributed by atoms with van der Waals surface area (Å²) in [5, 5.41) is 3.43. The first-order valence-electron chi connectivity index (χ1n) is 7.96. The van der Waals surface area contributed by atoms with Gasteiger partial charge in [-0.25, -0.2) is 4.39 Å². The molecule has 2 nitrogen and oxygen atoms in total. The van der Waals surface area contributed by atoms with Crippen LogP contribution >= 0.6 is 24.8 Å². The number of aryl methyl sites for hydroxylation is 1. The number of nitrogens with one attached hydrogen (secondary N) is 1. The monoisotopic (exact) mass is 348 g/mol. The molecule has 1 aliphatic carbocycles. The van der Waals surface area contributed by atoms with E-state index >= 15 is 0 Å². The highest BCUT2D eigenvalue weighted by Gasteiger charge is 2.31. The molecule has 1 aromatic carbocycles. The topological polar surface area (TPSA) is 15.3 Å². The van der Waals surface area contributed by atoms with Crippen molar-refractivity contribution >= 4 is 24.8 Å². The summed E-state index contributed by atoms with van der Waals surface area (Å²) in [6.45, 7) is 6.24. The molecule has 22 heavy (non-hydrogen) atoms. The summed E-state index contributed by atoms with van der Waals surface area (Å²) in [5.41, 5.74) is 2.10. The van der Waals surface area contributed by atoms with Gasteiger partial charge in [-0.05, 0) is 42.9 Å². The van der Waals surface area contributed by atoms with Gasteiger partial charge < -0.3 is 5.32 Å². The summed E-state index contributed by atoms with van der Waals surface area (Å²) in [4.78, 5) is 2.61. The van der Waals surface area contributed by atoms with Crippen LogP contribution in [-0.2, 0) is 0 Å². The van der Waals surface area contributed by atoms with E-state index in [2.05, 4.69) is 16.3 Å². The second kappa shape index (κ2) is 9.07. The molecule has 0 unspecified atom stereocenters. The van der Waals surface area contributed by atoms with Crippen molar-refractivity contribution in [3.63, 3.8) is 0 Å². The lowest BCUT2D eigenvalue weighted by Crippen LogP contribution is -2.46. The molecule has 1 atom stereocenters. The molecule has 0 bridgehead atoms. The predicted octanol–water partition coefficient (Wildman–Crippen LogP) is 4.11. The minimum Gasteiger partial charge on any atom is -0.314 e. The minimum absolute atomic E-state index is 0. The Bertz CT molecular complexity index is 458. The molecule has 1 saturated heterocycles. The standard InChI is InChI=1S/C17H25FN2.2ClH/c1-13-12-15(6-7-16(13)18)17(14-4-2-3-5-14)20-10-8-19-9-11-20;;/h6-7,12,14,17,19H,2-5,8-11H2,1H3;2*1H/t17-;;/m0../s1. The van der Waals surface area contributed by atoms with Gasteiger partial charge in [0.2, 0.25) is 0 Å². The second-order valence-corrected chi connectivity index (χ2v) is 6.28. The van der Waals surface area contributed by atoms with Crippen molar-refractivity contribution in [1.82, 2.24) is 10.2 Å². The van der Waals surface area contributed by atoms with E-state index in [1.54, 1.807) is 6.07 Å². The van der Waals surface area contributed by atoms with E-state index in [-0.39, 0.29) is 30.6 Å². The maximum absolute atomic E-state index is 13.6. The van der Waals surface area contributed by atoms with E-state index in [0.717, 1.165) is 37.7 Å². The van der Waals surface area contributed by atoms with E-state index in [0.29, 0.717) is 6.04 Å². The molecule has 1 heterocycles. The number of benzene rings is 1. The molecule has 2 fully saturated rings. The SMILES string of the molecule is Cc1cc([C@H](C2CCCC2)N2CCNCC2)ccc1F.Cl.Cl. The number of piperazine rings is 1. The first-order chi connectivity index (χ1) is 9.75. The van der Waals surface area contributed by atoms with Crippen LogP contribution in [0, 0.1) is 18.7 Å². The number of hydrogen-bond acceptors (Lipinski definition) is 2. The van der Waals surface area contributed by atoms with E-state index in [1.165, 1.54) is 31.2 Å². The molecule has 0 spiro atoms. The van der Waals surface area contributed by atoms with Crippen LogP contribution in [-0.4, -0.2) is 31.1 Å². The number of hydrogen-bond donors (Lipinski definition) is 1. The van der Waals surface area contributed by atoms with Crippen LogP contribution in [0.5, 0.6) is 0 Å². The lowest BCUT2D eigenvalue weighted by atomic mass is 9.89. The van der Waals surface area contributed by atoms with Crippen LogP contribution in [0.3, 0.4) is 0 Å². The highest BCUT2D eigenvalue weighted by Crippen LogP contribution is 2.39. The summed E-state index contributed by atoms with van der Waals surface area (Å²) < 4.78 is 13.6. The van der Waals surface area contributed by atoms with E-state index in [1.807, 2.05) is 13.0 Å². The van der Waals surface area contributed by atoms with Crippen LogP contribution in [0.4, 0.5) is 4.39 Å². The Labute approximate surface area is 145 Å². The number of nitrogens with zero attached hydrogens (tertiary/aromatic N) is 1. The summed E-state index contributed by atoms with van der Waals surface area (Å²) in [5.74, 6) is 0.664. The third-order valence-electron chi connectivity index (χ3n) is 4.91. The molecule has 1 aliphatic heterocycles. The van der Waals surface area contributed by atoms with E-state index in [4.69, 9.17) is 0 Å². The third-order valence-corrected chi connectivity index (χ3v) is 4.91. The van der Waals surface area contributed by atoms with Gasteiger partial charge in [0.15, 0.2) is 0 Å². The molecule has 1 N–H and O–H groups in total. The van der Waals surface area contributed by atoms with Gasteiger partial charge in [0.05, 0.1) is 0 Å². The van der Waals surface area contributed by atoms with Gasteiger partial charge in [-0.2, -0.15) is 0 Å². The van der Waals surface area contributed by atoms with Crippen LogP contribution < -0.4 is 5.32 Å². The second-order valence-electron chi connectivity index (χ2n) is 6.28. The largest absolute Gasteiger partial charge is 0.314 e. The van der Waals surface area contributed by atoms with Crippen LogP contribution in [0.1, 0.15) is 42.9 Å². The first-order valence-corrected chi connectivity index (χ1v) is 7.96. The Morgan fingerprint density at radius 2 is 1.77 bits per heavy atom. The lowest BCUT2D eigenvalue weighted by molar-refractivity contribution is 0.125. The van der Waals surface area contributed by atoms with Gasteiger partial charge in [-0.15, -0.1) is 24.8 Å². The highest BCUT2D eigenvalue weighted by molar-refractivity contribution is 5.85. The maximum atomic E-state index is 13.6. The quantitative estimate of drug-likeness (QED) is 0.883. The van der Waals surface area contributed by atoms with Gasteiger partial charge in [-0.3, -0.25) is 4.90 Å². The molecule has 5 heteroatoms. The van der Waals surface area contributed by atoms with Gasteiger partial charge >= 0.3 is 0 Å². The molecular weight excluding hydrogens is 322 g/mol. The van der Waals surface area contributed by atoms with Crippen molar-refractivity contribution in [2.24, 2.45) is 5.92 Å². The minimum atomic E-state index is -0.0840. The Hall–Kier alpha value is -0.350. The van der Waals surface area contributed by atoms with Crippen molar-refractivity contribution < 1.29 is 4.39 Å². The van der Waals surface area contributed by atoms with Crippen molar-refractivity contribution in [3.8, 4) is 0 Å². The average molecular weight is 349 g/mol. The molecule has 126 valence electrons. The van der Waals surface area contributed by atoms with Gasteiger partial charge in [0.25, 0.3) is 0 Å². The summed E-state index contributed by atoms with van der Waals surface area (Å²) in [7, 11) is 0. The molecule has 2 aliphatic rings. The molecule has 1 saturated carbocycles. The Morgan fingerprint density at radius 1 is 1.14 bits per heavy atom. The summed E-state index contributed by atoms with van der Waals surface area (Å²) in [6, 6.07) is 6.21.